The highest BCUT2D eigenvalue weighted by Crippen LogP contribution is 2.09. The van der Waals surface area contributed by atoms with Gasteiger partial charge in [0.25, 0.3) is 0 Å². The Kier molecular flexibility index (Phi) is 7.04. The number of ether oxygens (including phenoxy) is 1. The van der Waals surface area contributed by atoms with E-state index in [2.05, 4.69) is 43.1 Å². The summed E-state index contributed by atoms with van der Waals surface area (Å²) in [6.07, 6.45) is 1.27. The highest BCUT2D eigenvalue weighted by molar-refractivity contribution is 4.81. The number of nitrogens with one attached hydrogen (secondary N) is 1. The largest absolute Gasteiger partial charge is 0.379 e. The van der Waals surface area contributed by atoms with Crippen LogP contribution in [0.4, 0.5) is 0 Å². The number of likely N-dealkylation sites (tertiary alicyclic amines) is 1. The molecule has 0 radical (unpaired) electrons. The first kappa shape index (κ1) is 14.9. The average molecular weight is 243 g/mol. The third kappa shape index (κ3) is 6.99. The Morgan fingerprint density at radius 2 is 2.12 bits per heavy atom. The van der Waals surface area contributed by atoms with E-state index in [1.165, 1.54) is 19.5 Å². The Labute approximate surface area is 106 Å². The maximum Gasteiger partial charge on any atom is 0.0594 e. The van der Waals surface area contributed by atoms with Gasteiger partial charge in [0.05, 0.1) is 13.2 Å². The zero-order valence-electron chi connectivity index (χ0n) is 11.9. The van der Waals surface area contributed by atoms with Crippen molar-refractivity contribution in [3.8, 4) is 0 Å². The van der Waals surface area contributed by atoms with Crippen molar-refractivity contribution < 1.29 is 4.74 Å². The maximum absolute atomic E-state index is 5.62. The van der Waals surface area contributed by atoms with Crippen LogP contribution in [0.3, 0.4) is 0 Å². The summed E-state index contributed by atoms with van der Waals surface area (Å²) in [5.41, 5.74) is 0. The summed E-state index contributed by atoms with van der Waals surface area (Å²) >= 11 is 0. The Morgan fingerprint density at radius 1 is 1.35 bits per heavy atom. The van der Waals surface area contributed by atoms with Gasteiger partial charge in [0.15, 0.2) is 0 Å². The van der Waals surface area contributed by atoms with Crippen molar-refractivity contribution in [2.24, 2.45) is 0 Å². The minimum absolute atomic E-state index is 0.594. The van der Waals surface area contributed by atoms with Crippen LogP contribution in [0.1, 0.15) is 20.3 Å². The summed E-state index contributed by atoms with van der Waals surface area (Å²) in [4.78, 5) is 4.65. The zero-order valence-corrected chi connectivity index (χ0v) is 11.9. The first-order valence-electron chi connectivity index (χ1n) is 6.79. The van der Waals surface area contributed by atoms with Crippen LogP contribution in [0, 0.1) is 0 Å². The number of rotatable bonds is 8. The van der Waals surface area contributed by atoms with Crippen LogP contribution >= 0.6 is 0 Å². The number of hydrogen-bond donors (Lipinski definition) is 1. The molecule has 1 aliphatic heterocycles. The monoisotopic (exact) mass is 243 g/mol. The van der Waals surface area contributed by atoms with E-state index >= 15 is 0 Å². The van der Waals surface area contributed by atoms with E-state index in [0.29, 0.717) is 12.1 Å². The lowest BCUT2D eigenvalue weighted by Gasteiger charge is -2.18. The molecule has 17 heavy (non-hydrogen) atoms. The van der Waals surface area contributed by atoms with E-state index in [-0.39, 0.29) is 0 Å². The fourth-order valence-electron chi connectivity index (χ4n) is 2.19. The Morgan fingerprint density at radius 3 is 2.76 bits per heavy atom. The first-order valence-corrected chi connectivity index (χ1v) is 6.79. The van der Waals surface area contributed by atoms with Gasteiger partial charge in [0, 0.05) is 31.7 Å². The maximum atomic E-state index is 5.62. The van der Waals surface area contributed by atoms with Crippen LogP contribution in [-0.4, -0.2) is 75.4 Å². The van der Waals surface area contributed by atoms with Gasteiger partial charge in [-0.05, 0) is 27.1 Å². The van der Waals surface area contributed by atoms with E-state index in [9.17, 15) is 0 Å². The van der Waals surface area contributed by atoms with Crippen molar-refractivity contribution in [3.05, 3.63) is 0 Å². The second kappa shape index (κ2) is 8.03. The van der Waals surface area contributed by atoms with E-state index in [4.69, 9.17) is 4.74 Å². The molecular formula is C13H29N3O. The van der Waals surface area contributed by atoms with Crippen molar-refractivity contribution in [3.63, 3.8) is 0 Å². The van der Waals surface area contributed by atoms with Crippen molar-refractivity contribution in [2.45, 2.75) is 32.4 Å². The topological polar surface area (TPSA) is 27.7 Å². The Balaban J connectivity index is 1.98. The molecule has 0 amide bonds. The lowest BCUT2D eigenvalue weighted by molar-refractivity contribution is 0.0979. The average Bonchev–Trinajstić information content (AvgIpc) is 2.63. The second-order valence-corrected chi connectivity index (χ2v) is 5.52. The molecule has 0 aliphatic carbocycles. The van der Waals surface area contributed by atoms with E-state index < -0.39 is 0 Å². The smallest absolute Gasteiger partial charge is 0.0594 e. The fourth-order valence-corrected chi connectivity index (χ4v) is 2.19. The standard InChI is InChI=1S/C13H29N3O/c1-12(2)14-13-5-6-16(11-13)8-10-17-9-7-15(3)4/h12-14H,5-11H2,1-4H3. The summed E-state index contributed by atoms with van der Waals surface area (Å²) in [5.74, 6) is 0. The van der Waals surface area contributed by atoms with Crippen LogP contribution in [0.15, 0.2) is 0 Å². The van der Waals surface area contributed by atoms with E-state index in [0.717, 1.165) is 26.3 Å². The molecule has 1 heterocycles. The van der Waals surface area contributed by atoms with Crippen LogP contribution in [-0.2, 0) is 4.74 Å². The van der Waals surface area contributed by atoms with Crippen molar-refractivity contribution >= 4 is 0 Å². The van der Waals surface area contributed by atoms with Gasteiger partial charge in [-0.3, -0.25) is 4.90 Å². The van der Waals surface area contributed by atoms with Crippen LogP contribution in [0.25, 0.3) is 0 Å². The molecular weight excluding hydrogens is 214 g/mol. The molecule has 0 bridgehead atoms. The third-order valence-corrected chi connectivity index (χ3v) is 3.08. The van der Waals surface area contributed by atoms with Crippen molar-refractivity contribution in [1.29, 1.82) is 0 Å². The predicted molar refractivity (Wildman–Crippen MR) is 72.5 cm³/mol. The normalized spacial score (nSPS) is 21.9. The minimum Gasteiger partial charge on any atom is -0.379 e. The Bertz CT molecular complexity index is 197. The predicted octanol–water partition coefficient (Wildman–Crippen LogP) is 0.637. The zero-order chi connectivity index (χ0) is 12.7. The summed E-state index contributed by atoms with van der Waals surface area (Å²) in [5, 5.41) is 3.60. The van der Waals surface area contributed by atoms with Gasteiger partial charge in [-0.1, -0.05) is 13.8 Å². The molecule has 4 heteroatoms. The van der Waals surface area contributed by atoms with Gasteiger partial charge in [-0.25, -0.2) is 0 Å². The third-order valence-electron chi connectivity index (χ3n) is 3.08. The number of likely N-dealkylation sites (N-methyl/N-ethyl adjacent to an activating group) is 1. The van der Waals surface area contributed by atoms with Gasteiger partial charge >= 0.3 is 0 Å². The van der Waals surface area contributed by atoms with Crippen LogP contribution < -0.4 is 5.32 Å². The molecule has 0 spiro atoms. The van der Waals surface area contributed by atoms with Gasteiger partial charge in [0.2, 0.25) is 0 Å². The van der Waals surface area contributed by atoms with Gasteiger partial charge < -0.3 is 15.0 Å². The Hall–Kier alpha value is -0.160. The highest BCUT2D eigenvalue weighted by atomic mass is 16.5. The highest BCUT2D eigenvalue weighted by Gasteiger charge is 2.21. The molecule has 1 saturated heterocycles. The molecule has 0 aromatic rings. The molecule has 1 fully saturated rings. The summed E-state index contributed by atoms with van der Waals surface area (Å²) in [7, 11) is 4.15. The first-order chi connectivity index (χ1) is 8.08. The van der Waals surface area contributed by atoms with Gasteiger partial charge in [-0.15, -0.1) is 0 Å². The molecule has 1 aliphatic rings. The fraction of sp³-hybridized carbons (Fsp3) is 1.00. The molecule has 1 N–H and O–H groups in total. The molecule has 0 aromatic heterocycles. The molecule has 0 aromatic carbocycles. The van der Waals surface area contributed by atoms with Crippen molar-refractivity contribution in [2.75, 3.05) is 53.5 Å². The molecule has 1 atom stereocenters. The molecule has 102 valence electrons. The summed E-state index contributed by atoms with van der Waals surface area (Å²) < 4.78 is 5.62. The van der Waals surface area contributed by atoms with Crippen LogP contribution in [0.5, 0.6) is 0 Å². The number of nitrogens with zero attached hydrogens (tertiary/aromatic N) is 2. The SMILES string of the molecule is CC(C)NC1CCN(CCOCCN(C)C)C1. The van der Waals surface area contributed by atoms with Gasteiger partial charge in [0.1, 0.15) is 0 Å². The molecule has 0 saturated carbocycles. The summed E-state index contributed by atoms with van der Waals surface area (Å²) in [6, 6.07) is 1.27. The molecule has 1 unspecified atom stereocenters. The number of hydrogen-bond acceptors (Lipinski definition) is 4. The lowest BCUT2D eigenvalue weighted by Crippen LogP contribution is -2.37. The lowest BCUT2D eigenvalue weighted by atomic mass is 10.2. The molecule has 4 nitrogen and oxygen atoms in total. The minimum atomic E-state index is 0.594. The van der Waals surface area contributed by atoms with Gasteiger partial charge in [-0.2, -0.15) is 0 Å². The van der Waals surface area contributed by atoms with E-state index in [1.54, 1.807) is 0 Å². The quantitative estimate of drug-likeness (QED) is 0.633. The van der Waals surface area contributed by atoms with Crippen LogP contribution in [0.2, 0.25) is 0 Å². The summed E-state index contributed by atoms with van der Waals surface area (Å²) in [6.45, 7) is 10.6. The second-order valence-electron chi connectivity index (χ2n) is 5.52. The molecule has 1 rings (SSSR count). The van der Waals surface area contributed by atoms with E-state index in [1.807, 2.05) is 0 Å². The van der Waals surface area contributed by atoms with Crippen molar-refractivity contribution in [1.82, 2.24) is 15.1 Å².